The molecule has 33 heavy (non-hydrogen) atoms. The molecule has 0 saturated heterocycles. The molecule has 2 aromatic heterocycles. The van der Waals surface area contributed by atoms with E-state index in [0.717, 1.165) is 39.3 Å². The van der Waals surface area contributed by atoms with Crippen LogP contribution in [-0.4, -0.2) is 15.7 Å². The highest BCUT2D eigenvalue weighted by atomic mass is 32.1. The number of aromatic nitrogens is 2. The Bertz CT molecular complexity index is 1410. The highest BCUT2D eigenvalue weighted by Crippen LogP contribution is 2.31. The van der Waals surface area contributed by atoms with Crippen LogP contribution in [0.4, 0.5) is 10.1 Å². The standard InChI is InChI=1S/C26H23FN4OS/c1-15-10-11-33-25(15)26(32)29-14-20-7-6-19(13-22(20)27)24-17(3)30-31(18(24)4)21-8-9-23(28-5)16(2)12-21/h6-13H,14H2,1-4H3,(H,29,32). The third-order valence-electron chi connectivity index (χ3n) is 5.69. The number of halogens is 1. The van der Waals surface area contributed by atoms with E-state index in [1.165, 1.54) is 17.4 Å². The zero-order chi connectivity index (χ0) is 23.7. The van der Waals surface area contributed by atoms with Crippen LogP contribution in [0.2, 0.25) is 0 Å². The number of rotatable bonds is 5. The van der Waals surface area contributed by atoms with E-state index in [1.807, 2.05) is 62.0 Å². The molecule has 166 valence electrons. The van der Waals surface area contributed by atoms with Crippen molar-refractivity contribution in [3.8, 4) is 16.8 Å². The third-order valence-corrected chi connectivity index (χ3v) is 6.70. The lowest BCUT2D eigenvalue weighted by atomic mass is 10.0. The highest BCUT2D eigenvalue weighted by molar-refractivity contribution is 7.12. The molecule has 1 N–H and O–H groups in total. The predicted molar refractivity (Wildman–Crippen MR) is 130 cm³/mol. The number of carbonyl (C=O) groups is 1. The average molecular weight is 459 g/mol. The van der Waals surface area contributed by atoms with Crippen molar-refractivity contribution in [1.82, 2.24) is 15.1 Å². The Hall–Kier alpha value is -3.76. The normalized spacial score (nSPS) is 10.8. The molecule has 1 amide bonds. The maximum atomic E-state index is 14.9. The van der Waals surface area contributed by atoms with Gasteiger partial charge in [0.2, 0.25) is 0 Å². The summed E-state index contributed by atoms with van der Waals surface area (Å²) in [5.74, 6) is -0.571. The van der Waals surface area contributed by atoms with Gasteiger partial charge in [-0.15, -0.1) is 11.3 Å². The molecule has 4 aromatic rings. The second-order valence-electron chi connectivity index (χ2n) is 7.96. The van der Waals surface area contributed by atoms with Crippen LogP contribution in [0, 0.1) is 40.1 Å². The smallest absolute Gasteiger partial charge is 0.261 e. The first kappa shape index (κ1) is 22.4. The van der Waals surface area contributed by atoms with Crippen LogP contribution >= 0.6 is 11.3 Å². The Morgan fingerprint density at radius 1 is 1.12 bits per heavy atom. The van der Waals surface area contributed by atoms with Gasteiger partial charge in [-0.25, -0.2) is 13.9 Å². The van der Waals surface area contributed by atoms with Gasteiger partial charge in [-0.1, -0.05) is 18.2 Å². The van der Waals surface area contributed by atoms with E-state index >= 15 is 0 Å². The van der Waals surface area contributed by atoms with Crippen molar-refractivity contribution < 1.29 is 9.18 Å². The Balaban J connectivity index is 1.59. The lowest BCUT2D eigenvalue weighted by Gasteiger charge is -2.10. The van der Waals surface area contributed by atoms with Crippen LogP contribution in [0.1, 0.15) is 37.7 Å². The van der Waals surface area contributed by atoms with Crippen molar-refractivity contribution in [1.29, 1.82) is 0 Å². The van der Waals surface area contributed by atoms with Gasteiger partial charge in [-0.2, -0.15) is 5.10 Å². The van der Waals surface area contributed by atoms with Gasteiger partial charge >= 0.3 is 0 Å². The first-order chi connectivity index (χ1) is 15.8. The van der Waals surface area contributed by atoms with Crippen LogP contribution < -0.4 is 5.32 Å². The van der Waals surface area contributed by atoms with Crippen molar-refractivity contribution in [2.24, 2.45) is 0 Å². The molecule has 0 aliphatic heterocycles. The van der Waals surface area contributed by atoms with Crippen LogP contribution in [0.5, 0.6) is 0 Å². The second kappa shape index (κ2) is 9.00. The van der Waals surface area contributed by atoms with Gasteiger partial charge in [0.25, 0.3) is 5.91 Å². The molecule has 2 heterocycles. The van der Waals surface area contributed by atoms with E-state index in [9.17, 15) is 9.18 Å². The number of carbonyl (C=O) groups excluding carboxylic acids is 1. The lowest BCUT2D eigenvalue weighted by Crippen LogP contribution is -2.23. The van der Waals surface area contributed by atoms with Crippen LogP contribution in [0.15, 0.2) is 47.8 Å². The minimum atomic E-state index is -0.375. The van der Waals surface area contributed by atoms with Gasteiger partial charge in [-0.3, -0.25) is 4.79 Å². The fourth-order valence-electron chi connectivity index (χ4n) is 3.92. The molecule has 2 aromatic carbocycles. The minimum Gasteiger partial charge on any atom is -0.347 e. The number of hydrogen-bond acceptors (Lipinski definition) is 3. The van der Waals surface area contributed by atoms with Crippen LogP contribution in [-0.2, 0) is 6.54 Å². The van der Waals surface area contributed by atoms with E-state index in [0.29, 0.717) is 16.1 Å². The van der Waals surface area contributed by atoms with Crippen LogP contribution in [0.25, 0.3) is 21.7 Å². The van der Waals surface area contributed by atoms with Gasteiger partial charge in [0.1, 0.15) is 5.82 Å². The molecule has 0 radical (unpaired) electrons. The lowest BCUT2D eigenvalue weighted by molar-refractivity contribution is 0.0954. The molecule has 0 spiro atoms. The zero-order valence-corrected chi connectivity index (χ0v) is 19.7. The summed E-state index contributed by atoms with van der Waals surface area (Å²) in [6.07, 6.45) is 0. The zero-order valence-electron chi connectivity index (χ0n) is 18.9. The number of hydrogen-bond donors (Lipinski definition) is 1. The first-order valence-corrected chi connectivity index (χ1v) is 11.3. The maximum absolute atomic E-state index is 14.9. The maximum Gasteiger partial charge on any atom is 0.261 e. The van der Waals surface area contributed by atoms with E-state index in [1.54, 1.807) is 12.1 Å². The molecule has 7 heteroatoms. The fourth-order valence-corrected chi connectivity index (χ4v) is 4.76. The number of amides is 1. The first-order valence-electron chi connectivity index (χ1n) is 10.5. The van der Waals surface area contributed by atoms with Gasteiger partial charge in [-0.05, 0) is 74.0 Å². The van der Waals surface area contributed by atoms with Crippen molar-refractivity contribution in [3.05, 3.63) is 98.0 Å². The van der Waals surface area contributed by atoms with E-state index in [4.69, 9.17) is 6.57 Å². The van der Waals surface area contributed by atoms with Gasteiger partial charge in [0, 0.05) is 23.4 Å². The Morgan fingerprint density at radius 2 is 1.91 bits per heavy atom. The Labute approximate surface area is 196 Å². The van der Waals surface area contributed by atoms with E-state index in [-0.39, 0.29) is 18.3 Å². The summed E-state index contributed by atoms with van der Waals surface area (Å²) in [5.41, 5.74) is 6.95. The fraction of sp³-hybridized carbons (Fsp3) is 0.192. The number of thiophene rings is 1. The molecule has 0 aliphatic carbocycles. The van der Waals surface area contributed by atoms with E-state index in [2.05, 4.69) is 15.3 Å². The summed E-state index contributed by atoms with van der Waals surface area (Å²) in [7, 11) is 0. The van der Waals surface area contributed by atoms with Crippen molar-refractivity contribution in [3.63, 3.8) is 0 Å². The third kappa shape index (κ3) is 4.30. The average Bonchev–Trinajstić information content (AvgIpc) is 3.35. The SMILES string of the molecule is [C-]#[N+]c1ccc(-n2nc(C)c(-c3ccc(CNC(=O)c4sccc4C)c(F)c3)c2C)cc1C. The van der Waals surface area contributed by atoms with E-state index < -0.39 is 0 Å². The molecular weight excluding hydrogens is 435 g/mol. The van der Waals surface area contributed by atoms with Crippen LogP contribution in [0.3, 0.4) is 0 Å². The van der Waals surface area contributed by atoms with Gasteiger partial charge in [0.15, 0.2) is 5.69 Å². The highest BCUT2D eigenvalue weighted by Gasteiger charge is 2.17. The molecule has 5 nitrogen and oxygen atoms in total. The summed E-state index contributed by atoms with van der Waals surface area (Å²) in [4.78, 5) is 16.5. The Morgan fingerprint density at radius 3 is 2.55 bits per heavy atom. The molecular formula is C26H23FN4OS. The molecule has 0 saturated carbocycles. The molecule has 0 aliphatic rings. The summed E-state index contributed by atoms with van der Waals surface area (Å²) in [5, 5.41) is 9.33. The number of aryl methyl sites for hydroxylation is 3. The predicted octanol–water partition coefficient (Wildman–Crippen LogP) is 6.45. The topological polar surface area (TPSA) is 51.3 Å². The summed E-state index contributed by atoms with van der Waals surface area (Å²) in [6.45, 7) is 15.0. The van der Waals surface area contributed by atoms with Gasteiger partial charge < -0.3 is 5.32 Å². The van der Waals surface area contributed by atoms with Gasteiger partial charge in [0.05, 0.1) is 22.8 Å². The number of nitrogens with zero attached hydrogens (tertiary/aromatic N) is 3. The molecule has 0 fully saturated rings. The molecule has 0 bridgehead atoms. The summed E-state index contributed by atoms with van der Waals surface area (Å²) >= 11 is 1.37. The molecule has 0 atom stereocenters. The second-order valence-corrected chi connectivity index (χ2v) is 8.88. The molecule has 0 unspecified atom stereocenters. The number of benzene rings is 2. The largest absolute Gasteiger partial charge is 0.347 e. The quantitative estimate of drug-likeness (QED) is 0.349. The minimum absolute atomic E-state index is 0.117. The van der Waals surface area contributed by atoms with Crippen molar-refractivity contribution in [2.45, 2.75) is 34.2 Å². The van der Waals surface area contributed by atoms with Crippen molar-refractivity contribution in [2.75, 3.05) is 0 Å². The number of nitrogens with one attached hydrogen (secondary N) is 1. The summed E-state index contributed by atoms with van der Waals surface area (Å²) in [6, 6.07) is 12.5. The Kier molecular flexibility index (Phi) is 6.12. The summed E-state index contributed by atoms with van der Waals surface area (Å²) < 4.78 is 16.8. The molecule has 4 rings (SSSR count). The van der Waals surface area contributed by atoms with Crippen molar-refractivity contribution >= 4 is 22.9 Å². The monoisotopic (exact) mass is 458 g/mol.